The van der Waals surface area contributed by atoms with Gasteiger partial charge >= 0.3 is 0 Å². The van der Waals surface area contributed by atoms with Crippen LogP contribution in [-0.4, -0.2) is 9.55 Å². The van der Waals surface area contributed by atoms with Gasteiger partial charge in [0.15, 0.2) is 0 Å². The van der Waals surface area contributed by atoms with Gasteiger partial charge in [0.05, 0.1) is 0 Å². The molecule has 0 spiro atoms. The van der Waals surface area contributed by atoms with Crippen molar-refractivity contribution in [1.82, 2.24) is 9.55 Å². The lowest BCUT2D eigenvalue weighted by Gasteiger charge is -1.94. The van der Waals surface area contributed by atoms with Gasteiger partial charge in [-0.3, -0.25) is 0 Å². The molecule has 0 atom stereocenters. The highest BCUT2D eigenvalue weighted by atomic mass is 127. The van der Waals surface area contributed by atoms with Gasteiger partial charge in [-0.2, -0.15) is 0 Å². The Balaban J connectivity index is 0.000000442. The molecule has 3 heteroatoms. The Kier molecular flexibility index (Phi) is 7.38. The monoisotopic (exact) mass is 318 g/mol. The molecule has 0 unspecified atom stereocenters. The largest absolute Gasteiger partial charge is 0.336 e. The lowest BCUT2D eigenvalue weighted by Crippen LogP contribution is -1.87. The fourth-order valence-corrected chi connectivity index (χ4v) is 1.71. The molecule has 0 bridgehead atoms. The van der Waals surface area contributed by atoms with E-state index >= 15 is 0 Å². The second-order valence-corrected chi connectivity index (χ2v) is 3.62. The summed E-state index contributed by atoms with van der Waals surface area (Å²) in [6.07, 6.45) is 3.87. The number of pyridine rings is 1. The van der Waals surface area contributed by atoms with E-state index in [9.17, 15) is 0 Å². The van der Waals surface area contributed by atoms with E-state index in [0.717, 1.165) is 5.65 Å². The third-order valence-electron chi connectivity index (χ3n) is 1.71. The number of hydrogen-bond donors (Lipinski definition) is 0. The first-order valence-corrected chi connectivity index (χ1v) is 6.42. The Labute approximate surface area is 106 Å². The smallest absolute Gasteiger partial charge is 0.140 e. The van der Waals surface area contributed by atoms with Crippen molar-refractivity contribution >= 4 is 33.6 Å². The predicted octanol–water partition coefficient (Wildman–Crippen LogP) is 4.23. The minimum Gasteiger partial charge on any atom is -0.336 e. The topological polar surface area (TPSA) is 17.8 Å². The number of hydrogen-bond acceptors (Lipinski definition) is 1. The molecule has 0 saturated heterocycles. The van der Waals surface area contributed by atoms with E-state index in [1.165, 1.54) is 8.96 Å². The molecule has 0 aliphatic rings. The van der Waals surface area contributed by atoms with Gasteiger partial charge in [-0.1, -0.05) is 27.7 Å². The lowest BCUT2D eigenvalue weighted by molar-refractivity contribution is 0.948. The Morgan fingerprint density at radius 1 is 1.13 bits per heavy atom. The zero-order valence-electron chi connectivity index (χ0n) is 10.1. The first-order chi connectivity index (χ1) is 7.29. The highest BCUT2D eigenvalue weighted by Gasteiger charge is 2.00. The molecule has 2 nitrogen and oxygen atoms in total. The quantitative estimate of drug-likeness (QED) is 0.665. The maximum Gasteiger partial charge on any atom is 0.140 e. The summed E-state index contributed by atoms with van der Waals surface area (Å²) in [5.74, 6) is 0. The van der Waals surface area contributed by atoms with Crippen LogP contribution in [0.25, 0.3) is 11.0 Å². The molecule has 0 aliphatic carbocycles. The first-order valence-electron chi connectivity index (χ1n) is 5.34. The van der Waals surface area contributed by atoms with Crippen molar-refractivity contribution in [3.05, 3.63) is 28.1 Å². The maximum absolute atomic E-state index is 4.26. The van der Waals surface area contributed by atoms with Crippen LogP contribution in [0.2, 0.25) is 0 Å². The van der Waals surface area contributed by atoms with Crippen LogP contribution >= 0.6 is 22.6 Å². The van der Waals surface area contributed by atoms with Gasteiger partial charge in [-0.25, -0.2) is 4.98 Å². The number of aryl methyl sites for hydroxylation is 1. The van der Waals surface area contributed by atoms with Gasteiger partial charge in [0.2, 0.25) is 0 Å². The average molecular weight is 318 g/mol. The summed E-state index contributed by atoms with van der Waals surface area (Å²) < 4.78 is 3.28. The normalized spacial score (nSPS) is 8.67. The van der Waals surface area contributed by atoms with E-state index in [0.29, 0.717) is 0 Å². The van der Waals surface area contributed by atoms with Gasteiger partial charge in [0.1, 0.15) is 5.65 Å². The minimum atomic E-state index is 1.05. The average Bonchev–Trinajstić information content (AvgIpc) is 2.68. The molecular weight excluding hydrogens is 299 g/mol. The Morgan fingerprint density at radius 2 is 1.73 bits per heavy atom. The molecule has 2 rings (SSSR count). The summed E-state index contributed by atoms with van der Waals surface area (Å²) >= 11 is 2.32. The van der Waals surface area contributed by atoms with E-state index in [1.807, 2.05) is 57.8 Å². The Bertz CT molecular complexity index is 393. The molecule has 0 fully saturated rings. The van der Waals surface area contributed by atoms with Crippen molar-refractivity contribution in [3.63, 3.8) is 0 Å². The van der Waals surface area contributed by atoms with Gasteiger partial charge in [-0.15, -0.1) is 0 Å². The van der Waals surface area contributed by atoms with E-state index in [-0.39, 0.29) is 0 Å². The molecule has 2 aromatic heterocycles. The van der Waals surface area contributed by atoms with E-state index < -0.39 is 0 Å². The summed E-state index contributed by atoms with van der Waals surface area (Å²) in [7, 11) is 2.01. The summed E-state index contributed by atoms with van der Waals surface area (Å²) in [6.45, 7) is 8.00. The zero-order valence-corrected chi connectivity index (χ0v) is 12.2. The third-order valence-corrected chi connectivity index (χ3v) is 2.66. The molecule has 2 aromatic rings. The Hall–Kier alpha value is -0.580. The fourth-order valence-electron chi connectivity index (χ4n) is 1.13. The summed E-state index contributed by atoms with van der Waals surface area (Å²) in [5.41, 5.74) is 1.05. The van der Waals surface area contributed by atoms with Crippen LogP contribution in [0.15, 0.2) is 24.5 Å². The maximum atomic E-state index is 4.26. The van der Waals surface area contributed by atoms with Crippen molar-refractivity contribution in [2.45, 2.75) is 27.7 Å². The second-order valence-electron chi connectivity index (χ2n) is 2.46. The van der Waals surface area contributed by atoms with Gasteiger partial charge < -0.3 is 4.57 Å². The molecule has 15 heavy (non-hydrogen) atoms. The molecule has 0 aromatic carbocycles. The number of fused-ring (bicyclic) bond motifs is 1. The van der Waals surface area contributed by atoms with Crippen LogP contribution < -0.4 is 0 Å². The zero-order chi connectivity index (χ0) is 11.8. The number of nitrogens with zero attached hydrogens (tertiary/aromatic N) is 2. The molecule has 84 valence electrons. The van der Waals surface area contributed by atoms with E-state index in [4.69, 9.17) is 0 Å². The van der Waals surface area contributed by atoms with Crippen molar-refractivity contribution in [1.29, 1.82) is 0 Å². The van der Waals surface area contributed by atoms with Crippen LogP contribution in [0.4, 0.5) is 0 Å². The highest BCUT2D eigenvalue weighted by molar-refractivity contribution is 14.1. The van der Waals surface area contributed by atoms with Crippen molar-refractivity contribution in [2.24, 2.45) is 7.05 Å². The molecule has 0 amide bonds. The third kappa shape index (κ3) is 3.48. The van der Waals surface area contributed by atoms with E-state index in [2.05, 4.69) is 33.6 Å². The summed E-state index contributed by atoms with van der Waals surface area (Å²) in [4.78, 5) is 4.26. The van der Waals surface area contributed by atoms with Gasteiger partial charge in [0, 0.05) is 28.4 Å². The SMILES string of the molecule is CC.CC.Cn1ccc2c(I)ccnc21. The molecule has 0 radical (unpaired) electrons. The van der Waals surface area contributed by atoms with Crippen LogP contribution in [0.1, 0.15) is 27.7 Å². The summed E-state index contributed by atoms with van der Waals surface area (Å²) in [6, 6.07) is 4.10. The van der Waals surface area contributed by atoms with E-state index in [1.54, 1.807) is 0 Å². The van der Waals surface area contributed by atoms with Crippen LogP contribution in [0, 0.1) is 3.57 Å². The summed E-state index contributed by atoms with van der Waals surface area (Å²) in [5, 5.41) is 1.23. The molecular formula is C12H19IN2. The number of aromatic nitrogens is 2. The fraction of sp³-hybridized carbons (Fsp3) is 0.417. The minimum absolute atomic E-state index is 1.05. The van der Waals surface area contributed by atoms with Crippen molar-refractivity contribution in [2.75, 3.05) is 0 Å². The van der Waals surface area contributed by atoms with Crippen LogP contribution in [-0.2, 0) is 7.05 Å². The lowest BCUT2D eigenvalue weighted by atomic mass is 10.3. The van der Waals surface area contributed by atoms with Crippen LogP contribution in [0.3, 0.4) is 0 Å². The van der Waals surface area contributed by atoms with Crippen molar-refractivity contribution in [3.8, 4) is 0 Å². The van der Waals surface area contributed by atoms with Gasteiger partial charge in [0.25, 0.3) is 0 Å². The first kappa shape index (κ1) is 14.4. The Morgan fingerprint density at radius 3 is 2.27 bits per heavy atom. The number of halogens is 1. The van der Waals surface area contributed by atoms with Gasteiger partial charge in [-0.05, 0) is 34.7 Å². The molecule has 0 aliphatic heterocycles. The molecule has 0 N–H and O–H groups in total. The molecule has 2 heterocycles. The standard InChI is InChI=1S/C8H7IN2.2C2H6/c1-11-5-3-6-7(9)2-4-10-8(6)11;2*1-2/h2-5H,1H3;2*1-2H3. The second kappa shape index (κ2) is 7.68. The number of rotatable bonds is 0. The highest BCUT2D eigenvalue weighted by Crippen LogP contribution is 2.18. The molecule has 0 saturated carbocycles. The van der Waals surface area contributed by atoms with Crippen LogP contribution in [0.5, 0.6) is 0 Å². The van der Waals surface area contributed by atoms with Crippen molar-refractivity contribution < 1.29 is 0 Å². The predicted molar refractivity (Wildman–Crippen MR) is 76.1 cm³/mol.